The van der Waals surface area contributed by atoms with Crippen molar-refractivity contribution in [3.05, 3.63) is 35.6 Å². The minimum Gasteiger partial charge on any atom is -0.381 e. The Labute approximate surface area is 154 Å². The fourth-order valence-corrected chi connectivity index (χ4v) is 5.11. The molecule has 1 aromatic carbocycles. The highest BCUT2D eigenvalue weighted by Gasteiger charge is 2.28. The fraction of sp³-hybridized carbons (Fsp3) is 0.611. The summed E-state index contributed by atoms with van der Waals surface area (Å²) in [6.45, 7) is 2.19. The van der Waals surface area contributed by atoms with Crippen LogP contribution in [0.1, 0.15) is 24.8 Å². The topological polar surface area (TPSA) is 79.8 Å². The van der Waals surface area contributed by atoms with Crippen LogP contribution in [-0.4, -0.2) is 51.7 Å². The Bertz CT molecular complexity index is 733. The number of benzene rings is 1. The van der Waals surface area contributed by atoms with E-state index in [9.17, 15) is 12.8 Å². The van der Waals surface area contributed by atoms with E-state index in [1.54, 1.807) is 18.2 Å². The minimum absolute atomic E-state index is 0.0927. The van der Waals surface area contributed by atoms with E-state index in [1.165, 1.54) is 6.07 Å². The number of ether oxygens (including phenoxy) is 1. The van der Waals surface area contributed by atoms with Crippen LogP contribution in [0, 0.1) is 11.7 Å². The van der Waals surface area contributed by atoms with E-state index in [2.05, 4.69) is 15.6 Å². The molecule has 0 saturated carbocycles. The monoisotopic (exact) mass is 383 g/mol. The normalized spacial score (nSPS) is 23.7. The van der Waals surface area contributed by atoms with Crippen LogP contribution >= 0.6 is 0 Å². The van der Waals surface area contributed by atoms with Crippen molar-refractivity contribution >= 4 is 15.8 Å². The van der Waals surface area contributed by atoms with Crippen LogP contribution in [0.5, 0.6) is 0 Å². The summed E-state index contributed by atoms with van der Waals surface area (Å²) in [6, 6.07) is 6.84. The molecule has 2 aliphatic rings. The van der Waals surface area contributed by atoms with Gasteiger partial charge in [0, 0.05) is 31.4 Å². The highest BCUT2D eigenvalue weighted by molar-refractivity contribution is 7.91. The molecule has 2 fully saturated rings. The Kier molecular flexibility index (Phi) is 6.48. The van der Waals surface area contributed by atoms with Crippen molar-refractivity contribution < 1.29 is 17.5 Å². The molecule has 144 valence electrons. The van der Waals surface area contributed by atoms with Gasteiger partial charge in [-0.15, -0.1) is 0 Å². The van der Waals surface area contributed by atoms with Crippen molar-refractivity contribution in [3.63, 3.8) is 0 Å². The molecular weight excluding hydrogens is 357 g/mol. The van der Waals surface area contributed by atoms with Crippen molar-refractivity contribution in [2.45, 2.75) is 31.8 Å². The van der Waals surface area contributed by atoms with Crippen molar-refractivity contribution in [2.75, 3.05) is 31.3 Å². The Balaban J connectivity index is 1.62. The van der Waals surface area contributed by atoms with E-state index >= 15 is 0 Å². The zero-order chi connectivity index (χ0) is 18.4. The van der Waals surface area contributed by atoms with Gasteiger partial charge in [-0.3, -0.25) is 0 Å². The molecule has 1 atom stereocenters. The zero-order valence-corrected chi connectivity index (χ0v) is 15.6. The lowest BCUT2D eigenvalue weighted by Crippen LogP contribution is -2.47. The van der Waals surface area contributed by atoms with Crippen molar-refractivity contribution in [3.8, 4) is 0 Å². The number of nitrogens with zero attached hydrogens (tertiary/aromatic N) is 1. The zero-order valence-electron chi connectivity index (χ0n) is 14.8. The van der Waals surface area contributed by atoms with Gasteiger partial charge in [0.25, 0.3) is 0 Å². The standard InChI is InChI=1S/C18H26FN3O3S/c19-17-4-2-1-3-15(17)12-21-18(22-16-5-8-25-9-6-16)20-11-14-7-10-26(23,24)13-14/h1-4,14,16H,5-13H2,(H2,20,21,22). The van der Waals surface area contributed by atoms with Gasteiger partial charge in [-0.25, -0.2) is 17.8 Å². The predicted molar refractivity (Wildman–Crippen MR) is 99.3 cm³/mol. The van der Waals surface area contributed by atoms with Gasteiger partial charge in [-0.05, 0) is 31.2 Å². The van der Waals surface area contributed by atoms with E-state index in [4.69, 9.17) is 4.74 Å². The van der Waals surface area contributed by atoms with E-state index in [0.717, 1.165) is 12.8 Å². The Morgan fingerprint density at radius 2 is 2.00 bits per heavy atom. The van der Waals surface area contributed by atoms with Crippen LogP contribution < -0.4 is 10.6 Å². The smallest absolute Gasteiger partial charge is 0.191 e. The summed E-state index contributed by atoms with van der Waals surface area (Å²) in [5.41, 5.74) is 0.532. The summed E-state index contributed by atoms with van der Waals surface area (Å²) in [4.78, 5) is 4.51. The number of hydrogen-bond acceptors (Lipinski definition) is 4. The molecule has 0 bridgehead atoms. The van der Waals surface area contributed by atoms with Crippen LogP contribution in [0.3, 0.4) is 0 Å². The molecule has 0 spiro atoms. The molecule has 0 aliphatic carbocycles. The Hall–Kier alpha value is -1.67. The largest absolute Gasteiger partial charge is 0.381 e. The molecule has 0 amide bonds. The number of hydrogen-bond donors (Lipinski definition) is 2. The Morgan fingerprint density at radius 3 is 2.69 bits per heavy atom. The maximum absolute atomic E-state index is 13.8. The van der Waals surface area contributed by atoms with Crippen LogP contribution in [0.4, 0.5) is 4.39 Å². The maximum Gasteiger partial charge on any atom is 0.191 e. The van der Waals surface area contributed by atoms with Crippen molar-refractivity contribution in [2.24, 2.45) is 10.9 Å². The number of halogens is 1. The molecule has 2 heterocycles. The molecule has 6 nitrogen and oxygen atoms in total. The molecule has 2 aliphatic heterocycles. The number of nitrogens with one attached hydrogen (secondary N) is 2. The summed E-state index contributed by atoms with van der Waals surface area (Å²) in [7, 11) is -2.90. The average molecular weight is 383 g/mol. The fourth-order valence-electron chi connectivity index (χ4n) is 3.25. The highest BCUT2D eigenvalue weighted by Crippen LogP contribution is 2.17. The molecule has 2 saturated heterocycles. The van der Waals surface area contributed by atoms with Gasteiger partial charge < -0.3 is 15.4 Å². The third-order valence-electron chi connectivity index (χ3n) is 4.81. The summed E-state index contributed by atoms with van der Waals surface area (Å²) < 4.78 is 42.4. The number of guanidine groups is 1. The number of sulfone groups is 1. The van der Waals surface area contributed by atoms with Gasteiger partial charge in [0.2, 0.25) is 0 Å². The number of rotatable bonds is 5. The Morgan fingerprint density at radius 1 is 1.23 bits per heavy atom. The van der Waals surface area contributed by atoms with Gasteiger partial charge in [-0.1, -0.05) is 18.2 Å². The van der Waals surface area contributed by atoms with E-state index in [-0.39, 0.29) is 35.8 Å². The lowest BCUT2D eigenvalue weighted by Gasteiger charge is -2.25. The first-order valence-electron chi connectivity index (χ1n) is 9.08. The number of aliphatic imine (C=N–C) groups is 1. The summed E-state index contributed by atoms with van der Waals surface area (Å²) in [5, 5.41) is 6.62. The average Bonchev–Trinajstić information content (AvgIpc) is 2.98. The molecule has 0 aromatic heterocycles. The quantitative estimate of drug-likeness (QED) is 0.595. The molecule has 2 N–H and O–H groups in total. The third-order valence-corrected chi connectivity index (χ3v) is 6.65. The van der Waals surface area contributed by atoms with Crippen LogP contribution in [0.15, 0.2) is 29.3 Å². The highest BCUT2D eigenvalue weighted by atomic mass is 32.2. The maximum atomic E-state index is 13.8. The second-order valence-corrected chi connectivity index (χ2v) is 9.17. The van der Waals surface area contributed by atoms with Gasteiger partial charge in [0.05, 0.1) is 18.1 Å². The first kappa shape index (κ1) is 19.1. The van der Waals surface area contributed by atoms with Gasteiger partial charge in [-0.2, -0.15) is 0 Å². The lowest BCUT2D eigenvalue weighted by molar-refractivity contribution is 0.0822. The van der Waals surface area contributed by atoms with Gasteiger partial charge in [0.1, 0.15) is 5.82 Å². The molecule has 0 radical (unpaired) electrons. The summed E-state index contributed by atoms with van der Waals surface area (Å²) in [5.74, 6) is 0.898. The predicted octanol–water partition coefficient (Wildman–Crippen LogP) is 1.47. The van der Waals surface area contributed by atoms with E-state index < -0.39 is 9.84 Å². The van der Waals surface area contributed by atoms with E-state index in [0.29, 0.717) is 37.7 Å². The molecule has 8 heteroatoms. The first-order valence-corrected chi connectivity index (χ1v) is 10.9. The van der Waals surface area contributed by atoms with Crippen LogP contribution in [-0.2, 0) is 21.1 Å². The first-order chi connectivity index (χ1) is 12.5. The molecule has 26 heavy (non-hydrogen) atoms. The molecule has 3 rings (SSSR count). The van der Waals surface area contributed by atoms with Crippen LogP contribution in [0.2, 0.25) is 0 Å². The summed E-state index contributed by atoms with van der Waals surface area (Å²) in [6.07, 6.45) is 2.45. The second kappa shape index (κ2) is 8.81. The molecule has 1 unspecified atom stereocenters. The molecule has 1 aromatic rings. The second-order valence-electron chi connectivity index (χ2n) is 6.94. The van der Waals surface area contributed by atoms with Gasteiger partial charge >= 0.3 is 0 Å². The SMILES string of the molecule is O=S1(=O)CCC(CNC(=NCc2ccccc2F)NC2CCOCC2)C1. The minimum atomic E-state index is -2.90. The van der Waals surface area contributed by atoms with Crippen molar-refractivity contribution in [1.29, 1.82) is 0 Å². The van der Waals surface area contributed by atoms with E-state index in [1.807, 2.05) is 0 Å². The summed E-state index contributed by atoms with van der Waals surface area (Å²) >= 11 is 0. The third kappa shape index (κ3) is 5.67. The lowest BCUT2D eigenvalue weighted by atomic mass is 10.1. The molecular formula is C18H26FN3O3S. The van der Waals surface area contributed by atoms with Gasteiger partial charge in [0.15, 0.2) is 15.8 Å². The van der Waals surface area contributed by atoms with Crippen LogP contribution in [0.25, 0.3) is 0 Å². The van der Waals surface area contributed by atoms with Crippen molar-refractivity contribution in [1.82, 2.24) is 10.6 Å².